The van der Waals surface area contributed by atoms with E-state index in [1.54, 1.807) is 0 Å². The monoisotopic (exact) mass is 140 g/mol. The zero-order chi connectivity index (χ0) is 7.98. The summed E-state index contributed by atoms with van der Waals surface area (Å²) >= 11 is 0. The Morgan fingerprint density at radius 2 is 2.30 bits per heavy atom. The molecule has 0 heterocycles. The fourth-order valence-corrected chi connectivity index (χ4v) is 0.854. The van der Waals surface area contributed by atoms with Crippen LogP contribution in [0.4, 0.5) is 0 Å². The number of rotatable bonds is 5. The highest BCUT2D eigenvalue weighted by Crippen LogP contribution is 2.08. The van der Waals surface area contributed by atoms with Crippen molar-refractivity contribution in [3.63, 3.8) is 0 Å². The summed E-state index contributed by atoms with van der Waals surface area (Å²) in [7, 11) is 0. The Morgan fingerprint density at radius 3 is 2.70 bits per heavy atom. The second-order valence-corrected chi connectivity index (χ2v) is 2.65. The van der Waals surface area contributed by atoms with Crippen LogP contribution in [0.25, 0.3) is 0 Å². The maximum atomic E-state index is 10.9. The molecule has 0 saturated carbocycles. The van der Waals surface area contributed by atoms with Crippen molar-refractivity contribution in [2.75, 3.05) is 0 Å². The van der Waals surface area contributed by atoms with Crippen molar-refractivity contribution in [2.24, 2.45) is 5.92 Å². The van der Waals surface area contributed by atoms with Crippen LogP contribution in [0.2, 0.25) is 0 Å². The van der Waals surface area contributed by atoms with Gasteiger partial charge in [0.05, 0.1) is 0 Å². The van der Waals surface area contributed by atoms with E-state index in [0.717, 1.165) is 19.3 Å². The summed E-state index contributed by atoms with van der Waals surface area (Å²) in [6, 6.07) is 0. The minimum atomic E-state index is 0.174. The van der Waals surface area contributed by atoms with Gasteiger partial charge in [0.25, 0.3) is 0 Å². The minimum absolute atomic E-state index is 0.174. The molecule has 0 aliphatic carbocycles. The van der Waals surface area contributed by atoms with Gasteiger partial charge in [-0.3, -0.25) is 4.79 Å². The fourth-order valence-electron chi connectivity index (χ4n) is 0.854. The van der Waals surface area contributed by atoms with Gasteiger partial charge < -0.3 is 0 Å². The molecular formula is C9H16O. The first kappa shape index (κ1) is 9.41. The van der Waals surface area contributed by atoms with Crippen molar-refractivity contribution in [1.82, 2.24) is 0 Å². The molecule has 0 aliphatic rings. The highest BCUT2D eigenvalue weighted by Gasteiger charge is 2.06. The number of carbonyl (C=O) groups excluding carboxylic acids is 1. The summed E-state index contributed by atoms with van der Waals surface area (Å²) in [4.78, 5) is 10.9. The van der Waals surface area contributed by atoms with E-state index in [2.05, 4.69) is 13.5 Å². The standard InChI is InChI=1S/C9H16O/c1-4-6-7-8(3)9(10)5-2/h5,8H,2,4,6-7H2,1,3H3. The SMILES string of the molecule is C=CC(=O)C(C)CCCC. The maximum Gasteiger partial charge on any atom is 0.157 e. The lowest BCUT2D eigenvalue weighted by molar-refractivity contribution is -0.117. The van der Waals surface area contributed by atoms with Gasteiger partial charge in [0.1, 0.15) is 0 Å². The van der Waals surface area contributed by atoms with E-state index in [0.29, 0.717) is 0 Å². The summed E-state index contributed by atoms with van der Waals surface area (Å²) in [6.07, 6.45) is 4.72. The third-order valence-corrected chi connectivity index (χ3v) is 1.68. The zero-order valence-corrected chi connectivity index (χ0v) is 6.89. The Kier molecular flexibility index (Phi) is 4.91. The predicted molar refractivity (Wildman–Crippen MR) is 43.9 cm³/mol. The third-order valence-electron chi connectivity index (χ3n) is 1.68. The molecule has 0 N–H and O–H groups in total. The molecule has 1 heteroatoms. The normalized spacial score (nSPS) is 12.6. The lowest BCUT2D eigenvalue weighted by Crippen LogP contribution is -2.06. The van der Waals surface area contributed by atoms with E-state index < -0.39 is 0 Å². The molecule has 0 rings (SSSR count). The summed E-state index contributed by atoms with van der Waals surface area (Å²) in [5, 5.41) is 0. The number of hydrogen-bond donors (Lipinski definition) is 0. The highest BCUT2D eigenvalue weighted by molar-refractivity contribution is 5.90. The third kappa shape index (κ3) is 3.44. The Labute approximate surface area is 63.1 Å². The van der Waals surface area contributed by atoms with Crippen molar-refractivity contribution < 1.29 is 4.79 Å². The summed E-state index contributed by atoms with van der Waals surface area (Å²) < 4.78 is 0. The van der Waals surface area contributed by atoms with Crippen molar-refractivity contribution in [3.8, 4) is 0 Å². The Morgan fingerprint density at radius 1 is 1.70 bits per heavy atom. The summed E-state index contributed by atoms with van der Waals surface area (Å²) in [6.45, 7) is 7.53. The van der Waals surface area contributed by atoms with Crippen LogP contribution in [0.3, 0.4) is 0 Å². The van der Waals surface area contributed by atoms with Crippen molar-refractivity contribution in [2.45, 2.75) is 33.1 Å². The van der Waals surface area contributed by atoms with Crippen LogP contribution in [0.1, 0.15) is 33.1 Å². The van der Waals surface area contributed by atoms with Crippen LogP contribution in [0.5, 0.6) is 0 Å². The predicted octanol–water partition coefficient (Wildman–Crippen LogP) is 2.57. The average molecular weight is 140 g/mol. The van der Waals surface area contributed by atoms with Crippen LogP contribution in [-0.4, -0.2) is 5.78 Å². The van der Waals surface area contributed by atoms with Crippen LogP contribution in [0, 0.1) is 5.92 Å². The summed E-state index contributed by atoms with van der Waals surface area (Å²) in [5.41, 5.74) is 0. The van der Waals surface area contributed by atoms with Gasteiger partial charge in [-0.15, -0.1) is 0 Å². The first-order chi connectivity index (χ1) is 4.72. The van der Waals surface area contributed by atoms with Crippen LogP contribution < -0.4 is 0 Å². The molecule has 0 aromatic heterocycles. The van der Waals surface area contributed by atoms with Gasteiger partial charge in [-0.25, -0.2) is 0 Å². The minimum Gasteiger partial charge on any atom is -0.295 e. The zero-order valence-electron chi connectivity index (χ0n) is 6.89. The van der Waals surface area contributed by atoms with Gasteiger partial charge in [0, 0.05) is 5.92 Å². The molecule has 0 aromatic carbocycles. The van der Waals surface area contributed by atoms with Crippen LogP contribution in [0.15, 0.2) is 12.7 Å². The first-order valence-electron chi connectivity index (χ1n) is 3.88. The Bertz CT molecular complexity index is 116. The molecule has 1 nitrogen and oxygen atoms in total. The molecule has 10 heavy (non-hydrogen) atoms. The van der Waals surface area contributed by atoms with Gasteiger partial charge >= 0.3 is 0 Å². The van der Waals surface area contributed by atoms with Crippen LogP contribution in [-0.2, 0) is 4.79 Å². The molecule has 1 unspecified atom stereocenters. The molecule has 0 aromatic rings. The maximum absolute atomic E-state index is 10.9. The lowest BCUT2D eigenvalue weighted by atomic mass is 10.00. The summed E-state index contributed by atoms with van der Waals surface area (Å²) in [5.74, 6) is 0.353. The van der Waals surface area contributed by atoms with Crippen molar-refractivity contribution >= 4 is 5.78 Å². The van der Waals surface area contributed by atoms with E-state index in [-0.39, 0.29) is 11.7 Å². The average Bonchev–Trinajstić information content (AvgIpc) is 1.98. The molecule has 0 fully saturated rings. The number of ketones is 1. The second kappa shape index (κ2) is 5.21. The number of hydrogen-bond acceptors (Lipinski definition) is 1. The molecule has 0 saturated heterocycles. The van der Waals surface area contributed by atoms with Gasteiger partial charge in [-0.2, -0.15) is 0 Å². The molecule has 58 valence electrons. The number of unbranched alkanes of at least 4 members (excludes halogenated alkanes) is 1. The van der Waals surface area contributed by atoms with Gasteiger partial charge in [0.15, 0.2) is 5.78 Å². The van der Waals surface area contributed by atoms with Crippen molar-refractivity contribution in [1.29, 1.82) is 0 Å². The van der Waals surface area contributed by atoms with E-state index in [9.17, 15) is 4.79 Å². The van der Waals surface area contributed by atoms with Crippen molar-refractivity contribution in [3.05, 3.63) is 12.7 Å². The van der Waals surface area contributed by atoms with E-state index in [1.807, 2.05) is 6.92 Å². The fraction of sp³-hybridized carbons (Fsp3) is 0.667. The van der Waals surface area contributed by atoms with E-state index >= 15 is 0 Å². The molecule has 0 spiro atoms. The lowest BCUT2D eigenvalue weighted by Gasteiger charge is -2.04. The molecule has 0 bridgehead atoms. The molecule has 0 amide bonds. The molecule has 0 radical (unpaired) electrons. The molecule has 0 aliphatic heterocycles. The van der Waals surface area contributed by atoms with Gasteiger partial charge in [0.2, 0.25) is 0 Å². The topological polar surface area (TPSA) is 17.1 Å². The van der Waals surface area contributed by atoms with Crippen LogP contribution >= 0.6 is 0 Å². The molecular weight excluding hydrogens is 124 g/mol. The van der Waals surface area contributed by atoms with Gasteiger partial charge in [-0.05, 0) is 12.5 Å². The quantitative estimate of drug-likeness (QED) is 0.536. The number of carbonyl (C=O) groups is 1. The number of allylic oxidation sites excluding steroid dienone is 1. The largest absolute Gasteiger partial charge is 0.295 e. The smallest absolute Gasteiger partial charge is 0.157 e. The Balaban J connectivity index is 3.51. The van der Waals surface area contributed by atoms with Gasteiger partial charge in [-0.1, -0.05) is 33.3 Å². The highest BCUT2D eigenvalue weighted by atomic mass is 16.1. The van der Waals surface area contributed by atoms with E-state index in [4.69, 9.17) is 0 Å². The first-order valence-corrected chi connectivity index (χ1v) is 3.88. The second-order valence-electron chi connectivity index (χ2n) is 2.65. The van der Waals surface area contributed by atoms with E-state index in [1.165, 1.54) is 6.08 Å². The Hall–Kier alpha value is -0.590. The molecule has 1 atom stereocenters.